The lowest BCUT2D eigenvalue weighted by molar-refractivity contribution is 0.102. The molecular formula is C15H12N2O. The van der Waals surface area contributed by atoms with Gasteiger partial charge >= 0.3 is 0 Å². The van der Waals surface area contributed by atoms with Gasteiger partial charge in [0.2, 0.25) is 0 Å². The van der Waals surface area contributed by atoms with Crippen molar-refractivity contribution in [1.29, 1.82) is 0 Å². The van der Waals surface area contributed by atoms with Crippen molar-refractivity contribution in [2.45, 2.75) is 0 Å². The standard InChI is InChI=1S/C15H12N2O/c18-15(11-6-2-1-3-7-11)17-14-10-12-8-4-5-9-13(12)16-14/h1-10,16H,(H,17,18). The molecule has 1 heterocycles. The second kappa shape index (κ2) is 4.37. The molecule has 0 aliphatic carbocycles. The van der Waals surface area contributed by atoms with Crippen molar-refractivity contribution in [2.75, 3.05) is 5.32 Å². The number of carbonyl (C=O) groups is 1. The molecule has 0 spiro atoms. The van der Waals surface area contributed by atoms with Crippen molar-refractivity contribution in [3.8, 4) is 0 Å². The molecule has 0 aliphatic rings. The van der Waals surface area contributed by atoms with Gasteiger partial charge in [-0.3, -0.25) is 4.79 Å². The molecular weight excluding hydrogens is 224 g/mol. The van der Waals surface area contributed by atoms with Gasteiger partial charge in [0.25, 0.3) is 5.91 Å². The van der Waals surface area contributed by atoms with E-state index in [1.807, 2.05) is 48.5 Å². The lowest BCUT2D eigenvalue weighted by Gasteiger charge is -2.01. The number of aromatic nitrogens is 1. The van der Waals surface area contributed by atoms with Crippen LogP contribution in [0, 0.1) is 0 Å². The maximum atomic E-state index is 12.0. The molecule has 3 nitrogen and oxygen atoms in total. The van der Waals surface area contributed by atoms with Gasteiger partial charge in [-0.05, 0) is 24.3 Å². The van der Waals surface area contributed by atoms with Crippen molar-refractivity contribution in [3.63, 3.8) is 0 Å². The number of hydrogen-bond donors (Lipinski definition) is 2. The Kier molecular flexibility index (Phi) is 2.57. The Labute approximate surface area is 104 Å². The van der Waals surface area contributed by atoms with Crippen molar-refractivity contribution in [1.82, 2.24) is 4.98 Å². The number of carbonyl (C=O) groups excluding carboxylic acids is 1. The average molecular weight is 236 g/mol. The second-order valence-corrected chi connectivity index (χ2v) is 4.09. The van der Waals surface area contributed by atoms with E-state index in [1.54, 1.807) is 12.1 Å². The van der Waals surface area contributed by atoms with Gasteiger partial charge in [0, 0.05) is 16.5 Å². The summed E-state index contributed by atoms with van der Waals surface area (Å²) in [7, 11) is 0. The van der Waals surface area contributed by atoms with Crippen LogP contribution >= 0.6 is 0 Å². The summed E-state index contributed by atoms with van der Waals surface area (Å²) < 4.78 is 0. The Morgan fingerprint density at radius 1 is 0.944 bits per heavy atom. The summed E-state index contributed by atoms with van der Waals surface area (Å²) >= 11 is 0. The lowest BCUT2D eigenvalue weighted by atomic mass is 10.2. The van der Waals surface area contributed by atoms with E-state index in [2.05, 4.69) is 10.3 Å². The molecule has 0 radical (unpaired) electrons. The fourth-order valence-electron chi connectivity index (χ4n) is 1.92. The van der Waals surface area contributed by atoms with E-state index in [4.69, 9.17) is 0 Å². The van der Waals surface area contributed by atoms with Crippen LogP contribution in [0.25, 0.3) is 10.9 Å². The zero-order valence-corrected chi connectivity index (χ0v) is 9.68. The Hall–Kier alpha value is -2.55. The van der Waals surface area contributed by atoms with Gasteiger partial charge in [-0.25, -0.2) is 0 Å². The molecule has 2 N–H and O–H groups in total. The monoisotopic (exact) mass is 236 g/mol. The number of fused-ring (bicyclic) bond motifs is 1. The zero-order valence-electron chi connectivity index (χ0n) is 9.68. The summed E-state index contributed by atoms with van der Waals surface area (Å²) in [5, 5.41) is 3.94. The number of hydrogen-bond acceptors (Lipinski definition) is 1. The highest BCUT2D eigenvalue weighted by molar-refractivity contribution is 6.04. The molecule has 88 valence electrons. The summed E-state index contributed by atoms with van der Waals surface area (Å²) in [6.07, 6.45) is 0. The van der Waals surface area contributed by atoms with Crippen LogP contribution in [0.15, 0.2) is 60.7 Å². The first kappa shape index (κ1) is 10.6. The fourth-order valence-corrected chi connectivity index (χ4v) is 1.92. The number of rotatable bonds is 2. The number of anilines is 1. The van der Waals surface area contributed by atoms with Crippen LogP contribution in [0.1, 0.15) is 10.4 Å². The SMILES string of the molecule is O=C(Nc1cc2ccccc2[nH]1)c1ccccc1. The predicted octanol–water partition coefficient (Wildman–Crippen LogP) is 3.42. The molecule has 0 atom stereocenters. The van der Waals surface area contributed by atoms with Crippen LogP contribution in [-0.4, -0.2) is 10.9 Å². The van der Waals surface area contributed by atoms with Crippen molar-refractivity contribution in [2.24, 2.45) is 0 Å². The normalized spacial score (nSPS) is 10.4. The molecule has 0 bridgehead atoms. The third kappa shape index (κ3) is 1.98. The van der Waals surface area contributed by atoms with Crippen LogP contribution in [0.3, 0.4) is 0 Å². The van der Waals surface area contributed by atoms with E-state index in [0.29, 0.717) is 11.4 Å². The number of benzene rings is 2. The molecule has 0 aliphatic heterocycles. The first-order chi connectivity index (χ1) is 8.83. The summed E-state index contributed by atoms with van der Waals surface area (Å²) in [6, 6.07) is 19.0. The smallest absolute Gasteiger partial charge is 0.256 e. The van der Waals surface area contributed by atoms with E-state index >= 15 is 0 Å². The Bertz CT molecular complexity index is 653. The van der Waals surface area contributed by atoms with Crippen molar-refractivity contribution >= 4 is 22.6 Å². The van der Waals surface area contributed by atoms with E-state index in [9.17, 15) is 4.79 Å². The summed E-state index contributed by atoms with van der Waals surface area (Å²) in [5.41, 5.74) is 1.66. The summed E-state index contributed by atoms with van der Waals surface area (Å²) in [6.45, 7) is 0. The number of aromatic amines is 1. The number of amides is 1. The van der Waals surface area contributed by atoms with Gasteiger partial charge < -0.3 is 10.3 Å². The first-order valence-electron chi connectivity index (χ1n) is 5.77. The molecule has 0 fully saturated rings. The van der Waals surface area contributed by atoms with E-state index in [1.165, 1.54) is 0 Å². The van der Waals surface area contributed by atoms with E-state index < -0.39 is 0 Å². The molecule has 0 unspecified atom stereocenters. The van der Waals surface area contributed by atoms with Crippen LogP contribution in [0.2, 0.25) is 0 Å². The highest BCUT2D eigenvalue weighted by Gasteiger charge is 2.06. The van der Waals surface area contributed by atoms with Gasteiger partial charge in [-0.15, -0.1) is 0 Å². The Morgan fingerprint density at radius 3 is 2.44 bits per heavy atom. The van der Waals surface area contributed by atoms with Crippen LogP contribution in [-0.2, 0) is 0 Å². The van der Waals surface area contributed by atoms with E-state index in [0.717, 1.165) is 10.9 Å². The van der Waals surface area contributed by atoms with Gasteiger partial charge in [-0.2, -0.15) is 0 Å². The molecule has 3 rings (SSSR count). The Balaban J connectivity index is 1.86. The highest BCUT2D eigenvalue weighted by atomic mass is 16.1. The zero-order chi connectivity index (χ0) is 12.4. The lowest BCUT2D eigenvalue weighted by Crippen LogP contribution is -2.11. The van der Waals surface area contributed by atoms with Crippen molar-refractivity contribution < 1.29 is 4.79 Å². The fraction of sp³-hybridized carbons (Fsp3) is 0. The minimum atomic E-state index is -0.109. The molecule has 1 aromatic heterocycles. The molecule has 2 aromatic carbocycles. The number of nitrogens with one attached hydrogen (secondary N) is 2. The third-order valence-corrected chi connectivity index (χ3v) is 2.81. The Morgan fingerprint density at radius 2 is 1.67 bits per heavy atom. The van der Waals surface area contributed by atoms with Gasteiger partial charge in [-0.1, -0.05) is 36.4 Å². The third-order valence-electron chi connectivity index (χ3n) is 2.81. The molecule has 18 heavy (non-hydrogen) atoms. The maximum absolute atomic E-state index is 12.0. The minimum absolute atomic E-state index is 0.109. The van der Waals surface area contributed by atoms with Crippen LogP contribution in [0.5, 0.6) is 0 Å². The minimum Gasteiger partial charge on any atom is -0.341 e. The maximum Gasteiger partial charge on any atom is 0.256 e. The largest absolute Gasteiger partial charge is 0.341 e. The van der Waals surface area contributed by atoms with Gasteiger partial charge in [0.1, 0.15) is 5.82 Å². The average Bonchev–Trinajstić information content (AvgIpc) is 2.82. The second-order valence-electron chi connectivity index (χ2n) is 4.09. The topological polar surface area (TPSA) is 44.9 Å². The van der Waals surface area contributed by atoms with Crippen LogP contribution in [0.4, 0.5) is 5.82 Å². The summed E-state index contributed by atoms with van der Waals surface area (Å²) in [5.74, 6) is 0.604. The van der Waals surface area contributed by atoms with Crippen molar-refractivity contribution in [3.05, 3.63) is 66.2 Å². The summed E-state index contributed by atoms with van der Waals surface area (Å²) in [4.78, 5) is 15.1. The molecule has 3 heteroatoms. The molecule has 3 aromatic rings. The molecule has 0 saturated heterocycles. The van der Waals surface area contributed by atoms with E-state index in [-0.39, 0.29) is 5.91 Å². The van der Waals surface area contributed by atoms with Gasteiger partial charge in [0.15, 0.2) is 0 Å². The number of H-pyrrole nitrogens is 1. The highest BCUT2D eigenvalue weighted by Crippen LogP contribution is 2.18. The van der Waals surface area contributed by atoms with Crippen LogP contribution < -0.4 is 5.32 Å². The predicted molar refractivity (Wildman–Crippen MR) is 72.7 cm³/mol. The molecule has 1 amide bonds. The first-order valence-corrected chi connectivity index (χ1v) is 5.77. The number of para-hydroxylation sites is 1. The molecule has 0 saturated carbocycles. The van der Waals surface area contributed by atoms with Gasteiger partial charge in [0.05, 0.1) is 0 Å². The quantitative estimate of drug-likeness (QED) is 0.703.